The highest BCUT2D eigenvalue weighted by Crippen LogP contribution is 2.46. The van der Waals surface area contributed by atoms with Crippen LogP contribution in [0.3, 0.4) is 0 Å². The van der Waals surface area contributed by atoms with Gasteiger partial charge in [0.1, 0.15) is 49.8 Å². The highest BCUT2D eigenvalue weighted by atomic mass is 35.5. The van der Waals surface area contributed by atoms with Gasteiger partial charge in [0.25, 0.3) is 30.4 Å². The van der Waals surface area contributed by atoms with Crippen molar-refractivity contribution in [1.29, 1.82) is 0 Å². The summed E-state index contributed by atoms with van der Waals surface area (Å²) in [6.07, 6.45) is 0. The van der Waals surface area contributed by atoms with Crippen molar-refractivity contribution in [2.24, 2.45) is 20.5 Å². The number of benzene rings is 5. The topological polar surface area (TPSA) is 552 Å². The Hall–Kier alpha value is -6.66. The third kappa shape index (κ3) is 17.7. The molecule has 6 aromatic rings. The van der Waals surface area contributed by atoms with Gasteiger partial charge in [0.05, 0.1) is 40.2 Å². The lowest BCUT2D eigenvalue weighted by Crippen LogP contribution is -2.18. The number of phenolic OH excluding ortho intramolecular Hbond substituents is 1. The quantitative estimate of drug-likeness (QED) is 0.0221. The van der Waals surface area contributed by atoms with Gasteiger partial charge >= 0.3 is 20.8 Å². The molecule has 0 fully saturated rings. The van der Waals surface area contributed by atoms with Crippen LogP contribution in [0.25, 0.3) is 10.8 Å². The molecule has 5 aromatic carbocycles. The van der Waals surface area contributed by atoms with E-state index in [1.54, 1.807) is 0 Å². The van der Waals surface area contributed by atoms with E-state index in [4.69, 9.17) is 24.9 Å². The fourth-order valence-corrected chi connectivity index (χ4v) is 12.4. The Balaban J connectivity index is 1.39. The molecule has 9 N–H and O–H groups in total. The first-order chi connectivity index (χ1) is 37.3. The van der Waals surface area contributed by atoms with E-state index in [9.17, 15) is 86.5 Å². The number of fused-ring (bicyclic) bond motifs is 1. The number of nitrogens with zero attached hydrogens (tertiary/aromatic N) is 7. The number of aromatic hydroxyl groups is 1. The van der Waals surface area contributed by atoms with Crippen LogP contribution in [0.1, 0.15) is 5.56 Å². The van der Waals surface area contributed by atoms with E-state index in [-0.39, 0.29) is 68.0 Å². The van der Waals surface area contributed by atoms with Crippen LogP contribution in [0.5, 0.6) is 11.5 Å². The number of phenols is 1. The third-order valence-electron chi connectivity index (χ3n) is 9.93. The molecule has 438 valence electrons. The Kier molecular flexibility index (Phi) is 19.2. The molecular weight excluding hydrogens is 1280 g/mol. The average molecular weight is 1310 g/mol. The fourth-order valence-electron chi connectivity index (χ4n) is 6.58. The standard InChI is InChI=1S/C37H35ClN10O25S8/c1-19-14-24-23(34(49)32(19)47-46-27-16-30(76(54,55)13-11-72-81(68,69)70)31(79(62,63)64)17-29(27)78(59,60)61)7-8-25(39-18-77(56,57)58)33(24)48-45-26-15-21(4-9-28(26)73-74(50)51)41-37-43-35(38)42-36(44-37)40-20-2-5-22(6-3-20)75(52,53)12-10-71-80(65,66)67/h2-9,14-17,39,49H,10-13,18H2,1H3,(H,50,51)(H,56,57,58)(H,59,60,61)(H,62,63,64)(H,65,66,67)(H,68,69,70)(H2,40,41,42,43,44)/p-1. The lowest BCUT2D eigenvalue weighted by molar-refractivity contribution is 0.282. The van der Waals surface area contributed by atoms with E-state index in [0.717, 1.165) is 36.4 Å². The lowest BCUT2D eigenvalue weighted by atomic mass is 10.0. The molecule has 1 aromatic heterocycles. The van der Waals surface area contributed by atoms with E-state index < -0.39 is 161 Å². The molecule has 81 heavy (non-hydrogen) atoms. The maximum Gasteiger partial charge on any atom is 0.397 e. The second kappa shape index (κ2) is 24.4. The average Bonchev–Trinajstić information content (AvgIpc) is 3.54. The molecule has 0 amide bonds. The molecule has 0 spiro atoms. The van der Waals surface area contributed by atoms with Gasteiger partial charge < -0.3 is 29.8 Å². The zero-order valence-electron chi connectivity index (χ0n) is 39.7. The number of azo groups is 2. The van der Waals surface area contributed by atoms with Crippen molar-refractivity contribution >= 4 is 156 Å². The van der Waals surface area contributed by atoms with Crippen molar-refractivity contribution in [3.8, 4) is 11.5 Å². The molecule has 0 aliphatic rings. The molecule has 0 aliphatic heterocycles. The summed E-state index contributed by atoms with van der Waals surface area (Å²) < 4.78 is 252. The zero-order chi connectivity index (χ0) is 60.3. The monoisotopic (exact) mass is 1310 g/mol. The van der Waals surface area contributed by atoms with Gasteiger partial charge in [0, 0.05) is 22.1 Å². The number of halogens is 1. The van der Waals surface area contributed by atoms with Crippen molar-refractivity contribution < 1.29 is 108 Å². The highest BCUT2D eigenvalue weighted by molar-refractivity contribution is 7.93. The minimum absolute atomic E-state index is 0.0144. The Morgan fingerprint density at radius 2 is 1.15 bits per heavy atom. The predicted molar refractivity (Wildman–Crippen MR) is 278 cm³/mol. The lowest BCUT2D eigenvalue weighted by Gasteiger charge is -2.15. The molecule has 0 aliphatic carbocycles. The van der Waals surface area contributed by atoms with Crippen LogP contribution in [-0.2, 0) is 90.6 Å². The minimum Gasteiger partial charge on any atom is -0.740 e. The summed E-state index contributed by atoms with van der Waals surface area (Å²) in [5, 5.41) is 34.4. The van der Waals surface area contributed by atoms with Crippen molar-refractivity contribution in [1.82, 2.24) is 15.0 Å². The van der Waals surface area contributed by atoms with Gasteiger partial charge in [-0.05, 0) is 96.9 Å². The van der Waals surface area contributed by atoms with Crippen LogP contribution < -0.4 is 20.1 Å². The number of aromatic nitrogens is 3. The Morgan fingerprint density at radius 1 is 0.605 bits per heavy atom. The van der Waals surface area contributed by atoms with Crippen molar-refractivity contribution in [2.75, 3.05) is 46.5 Å². The molecule has 0 saturated heterocycles. The van der Waals surface area contributed by atoms with E-state index in [1.807, 2.05) is 0 Å². The number of sulfone groups is 2. The van der Waals surface area contributed by atoms with Crippen LogP contribution in [0, 0.1) is 6.92 Å². The van der Waals surface area contributed by atoms with Gasteiger partial charge in [0.2, 0.25) is 17.2 Å². The van der Waals surface area contributed by atoms with Crippen molar-refractivity contribution in [3.05, 3.63) is 83.6 Å². The van der Waals surface area contributed by atoms with Crippen LogP contribution in [0.15, 0.2) is 113 Å². The summed E-state index contributed by atoms with van der Waals surface area (Å²) >= 11 is 2.90. The molecule has 35 nitrogen and oxygen atoms in total. The van der Waals surface area contributed by atoms with Crippen molar-refractivity contribution in [2.45, 2.75) is 26.5 Å². The molecule has 0 radical (unpaired) electrons. The van der Waals surface area contributed by atoms with Gasteiger partial charge in [-0.1, -0.05) is 0 Å². The van der Waals surface area contributed by atoms with E-state index in [0.29, 0.717) is 0 Å². The number of aryl methyl sites for hydroxylation is 1. The van der Waals surface area contributed by atoms with Gasteiger partial charge in [-0.15, -0.1) is 20.5 Å². The molecule has 1 heterocycles. The number of anilines is 5. The van der Waals surface area contributed by atoms with E-state index >= 15 is 0 Å². The number of rotatable bonds is 25. The third-order valence-corrected chi connectivity index (χ3v) is 17.2. The summed E-state index contributed by atoms with van der Waals surface area (Å²) in [4.78, 5) is 7.29. The first-order valence-corrected chi connectivity index (χ1v) is 32.8. The molecule has 1 unspecified atom stereocenters. The number of hydrogen-bond acceptors (Lipinski definition) is 30. The minimum atomic E-state index is -5.68. The maximum atomic E-state index is 13.2. The smallest absolute Gasteiger partial charge is 0.397 e. The molecule has 44 heteroatoms. The molecule has 0 bridgehead atoms. The molecule has 6 rings (SSSR count). The summed E-state index contributed by atoms with van der Waals surface area (Å²) in [6, 6.07) is 11.9. The molecule has 0 saturated carbocycles. The maximum absolute atomic E-state index is 13.2. The second-order valence-corrected chi connectivity index (χ2v) is 27.1. The van der Waals surface area contributed by atoms with Gasteiger partial charge in [-0.2, -0.15) is 57.0 Å². The van der Waals surface area contributed by atoms with Crippen LogP contribution in [-0.4, -0.2) is 141 Å². The summed E-state index contributed by atoms with van der Waals surface area (Å²) in [5.41, 5.74) is -2.65. The first-order valence-electron chi connectivity index (χ1n) is 20.9. The first kappa shape index (κ1) is 63.5. The Bertz CT molecular complexity index is 4410. The number of nitrogens with one attached hydrogen (secondary N) is 3. The SMILES string of the molecule is Cc1cc2c(N=Nc3cc(Nc4nc(Cl)nc(Nc5ccc(S(=O)(=O)CCOS(=O)(=O)O)cc5)n4)ccc3OS(=O)[O-])c(NCS(=O)(=O)O)ccc2c(O)c1N=Nc1cc(S(=O)(=O)CCOS(=O)(=O)O)c(S(=O)(=O)O)cc1S(=O)(=O)O. The zero-order valence-corrected chi connectivity index (χ0v) is 47.0. The molecule has 1 atom stereocenters. The fraction of sp³-hybridized carbons (Fsp3) is 0.162. The van der Waals surface area contributed by atoms with Gasteiger partial charge in [-0.25, -0.2) is 29.4 Å². The van der Waals surface area contributed by atoms with Crippen molar-refractivity contribution in [3.63, 3.8) is 0 Å². The van der Waals surface area contributed by atoms with Gasteiger partial charge in [-0.3, -0.25) is 22.8 Å². The highest BCUT2D eigenvalue weighted by Gasteiger charge is 2.32. The van der Waals surface area contributed by atoms with Crippen LogP contribution in [0.4, 0.5) is 51.7 Å². The Morgan fingerprint density at radius 3 is 1.70 bits per heavy atom. The van der Waals surface area contributed by atoms with Crippen LogP contribution >= 0.6 is 11.6 Å². The Labute approximate surface area is 465 Å². The summed E-state index contributed by atoms with van der Waals surface area (Å²) in [5.74, 6) is -5.23. The van der Waals surface area contributed by atoms with Gasteiger partial charge in [0.15, 0.2) is 31.2 Å². The normalized spacial score (nSPS) is 13.4. The predicted octanol–water partition coefficient (Wildman–Crippen LogP) is 4.12. The summed E-state index contributed by atoms with van der Waals surface area (Å²) in [6.45, 7) is -0.971. The molecular formula is C37H34ClN10O25S8-. The van der Waals surface area contributed by atoms with E-state index in [2.05, 4.69) is 59.7 Å². The summed E-state index contributed by atoms with van der Waals surface area (Å²) in [7, 11) is -35.4. The largest absolute Gasteiger partial charge is 0.740 e. The second-order valence-electron chi connectivity index (χ2n) is 15.6. The van der Waals surface area contributed by atoms with E-state index in [1.165, 1.54) is 31.2 Å². The number of hydrogen-bond donors (Lipinski definition) is 9. The van der Waals surface area contributed by atoms with Crippen LogP contribution in [0.2, 0.25) is 5.28 Å².